The molecule has 7 aromatic rings. The summed E-state index contributed by atoms with van der Waals surface area (Å²) < 4.78 is 11.3. The molecular weight excluding hydrogens is 488 g/mol. The van der Waals surface area contributed by atoms with Gasteiger partial charge >= 0.3 is 0 Å². The molecular formula is C37H26N2O. The third kappa shape index (κ3) is 3.06. The first-order valence-corrected chi connectivity index (χ1v) is 14.0. The number of ether oxygens (including phenoxy) is 1. The van der Waals surface area contributed by atoms with Crippen LogP contribution in [0.1, 0.15) is 28.8 Å². The number of allylic oxidation sites excluding steroid dienone is 1. The molecule has 0 radical (unpaired) electrons. The number of aromatic nitrogens is 2. The molecule has 0 fully saturated rings. The van der Waals surface area contributed by atoms with E-state index in [2.05, 4.69) is 130 Å². The molecule has 2 aliphatic rings. The van der Waals surface area contributed by atoms with Crippen LogP contribution in [0.2, 0.25) is 0 Å². The number of hydrogen-bond acceptors (Lipinski definition) is 1. The van der Waals surface area contributed by atoms with Crippen molar-refractivity contribution < 1.29 is 4.74 Å². The van der Waals surface area contributed by atoms with Crippen molar-refractivity contribution in [2.24, 2.45) is 0 Å². The quantitative estimate of drug-likeness (QED) is 0.225. The molecule has 5 aromatic carbocycles. The number of nitrogens with zero attached hydrogens (tertiary/aromatic N) is 2. The van der Waals surface area contributed by atoms with Crippen molar-refractivity contribution in [3.05, 3.63) is 138 Å². The summed E-state index contributed by atoms with van der Waals surface area (Å²) in [5, 5.41) is 3.88. The Morgan fingerprint density at radius 3 is 1.75 bits per heavy atom. The van der Waals surface area contributed by atoms with Crippen LogP contribution < -0.4 is 4.74 Å². The first-order chi connectivity index (χ1) is 19.8. The van der Waals surface area contributed by atoms with Crippen LogP contribution in [-0.4, -0.2) is 9.13 Å². The minimum atomic E-state index is 0.838. The molecule has 0 atom stereocenters. The minimum absolute atomic E-state index is 0.838. The number of hydrogen-bond donors (Lipinski definition) is 0. The van der Waals surface area contributed by atoms with Gasteiger partial charge < -0.3 is 13.9 Å². The van der Waals surface area contributed by atoms with E-state index in [1.165, 1.54) is 60.8 Å². The maximum Gasteiger partial charge on any atom is 0.131 e. The predicted octanol–water partition coefficient (Wildman–Crippen LogP) is 9.38. The second-order valence-electron chi connectivity index (χ2n) is 10.9. The summed E-state index contributed by atoms with van der Waals surface area (Å²) in [6.45, 7) is 0. The van der Waals surface area contributed by atoms with Crippen LogP contribution in [0.15, 0.2) is 115 Å². The van der Waals surface area contributed by atoms with Crippen LogP contribution >= 0.6 is 0 Å². The summed E-state index contributed by atoms with van der Waals surface area (Å²) in [6.07, 6.45) is 7.57. The smallest absolute Gasteiger partial charge is 0.131 e. The Bertz CT molecular complexity index is 2120. The highest BCUT2D eigenvalue weighted by atomic mass is 16.5. The molecule has 3 heteroatoms. The van der Waals surface area contributed by atoms with E-state index in [4.69, 9.17) is 4.74 Å². The Morgan fingerprint density at radius 1 is 0.550 bits per heavy atom. The number of fused-ring (bicyclic) bond motifs is 8. The zero-order chi connectivity index (χ0) is 26.2. The Labute approximate surface area is 232 Å². The molecule has 9 rings (SSSR count). The van der Waals surface area contributed by atoms with Crippen LogP contribution in [-0.2, 0) is 12.8 Å². The molecule has 0 saturated carbocycles. The van der Waals surface area contributed by atoms with E-state index in [0.717, 1.165) is 36.4 Å². The third-order valence-corrected chi connectivity index (χ3v) is 8.63. The fourth-order valence-electron chi connectivity index (χ4n) is 6.88. The minimum Gasteiger partial charge on any atom is -0.457 e. The normalized spacial score (nSPS) is 13.8. The first kappa shape index (κ1) is 21.9. The Kier molecular flexibility index (Phi) is 4.50. The summed E-state index contributed by atoms with van der Waals surface area (Å²) in [4.78, 5) is 0. The third-order valence-electron chi connectivity index (χ3n) is 8.63. The second kappa shape index (κ2) is 8.24. The lowest BCUT2D eigenvalue weighted by atomic mass is 9.99. The Morgan fingerprint density at radius 2 is 1.10 bits per heavy atom. The number of rotatable bonds is 2. The lowest BCUT2D eigenvalue weighted by molar-refractivity contribution is 0.460. The SMILES string of the molecule is C1=Cc2c(n(-c3ccc4c(c3)Cc3cc(-n5c6ccccc6c6ccccc65)ccc3O4)c3ccccc23)CC1. The number of benzene rings is 5. The van der Waals surface area contributed by atoms with Gasteiger partial charge in [-0.3, -0.25) is 0 Å². The van der Waals surface area contributed by atoms with Crippen molar-refractivity contribution in [3.63, 3.8) is 0 Å². The maximum atomic E-state index is 6.47. The molecule has 1 aliphatic heterocycles. The van der Waals surface area contributed by atoms with E-state index in [1.807, 2.05) is 0 Å². The van der Waals surface area contributed by atoms with Crippen LogP contribution in [0.3, 0.4) is 0 Å². The van der Waals surface area contributed by atoms with Crippen LogP contribution in [0.5, 0.6) is 11.5 Å². The maximum absolute atomic E-state index is 6.47. The molecule has 3 nitrogen and oxygen atoms in total. The van der Waals surface area contributed by atoms with Gasteiger partial charge in [-0.1, -0.05) is 66.7 Å². The Balaban J connectivity index is 1.17. The summed E-state index contributed by atoms with van der Waals surface area (Å²) in [7, 11) is 0. The van der Waals surface area contributed by atoms with Gasteiger partial charge in [0.15, 0.2) is 0 Å². The van der Waals surface area contributed by atoms with Gasteiger partial charge in [0.1, 0.15) is 11.5 Å². The van der Waals surface area contributed by atoms with Crippen molar-refractivity contribution in [1.82, 2.24) is 9.13 Å². The highest BCUT2D eigenvalue weighted by molar-refractivity contribution is 6.09. The highest BCUT2D eigenvalue weighted by Crippen LogP contribution is 2.41. The topological polar surface area (TPSA) is 19.1 Å². The lowest BCUT2D eigenvalue weighted by Crippen LogP contribution is -2.07. The monoisotopic (exact) mass is 514 g/mol. The van der Waals surface area contributed by atoms with Crippen molar-refractivity contribution >= 4 is 38.8 Å². The average molecular weight is 515 g/mol. The van der Waals surface area contributed by atoms with Gasteiger partial charge in [0, 0.05) is 56.3 Å². The van der Waals surface area contributed by atoms with E-state index in [-0.39, 0.29) is 0 Å². The fraction of sp³-hybridized carbons (Fsp3) is 0.0811. The van der Waals surface area contributed by atoms with E-state index in [9.17, 15) is 0 Å². The van der Waals surface area contributed by atoms with Gasteiger partial charge in [-0.05, 0) is 67.4 Å². The van der Waals surface area contributed by atoms with Crippen molar-refractivity contribution in [2.45, 2.75) is 19.3 Å². The molecule has 1 aliphatic carbocycles. The second-order valence-corrected chi connectivity index (χ2v) is 10.9. The summed E-state index contributed by atoms with van der Waals surface area (Å²) in [6, 6.07) is 39.4. The van der Waals surface area contributed by atoms with E-state index in [1.54, 1.807) is 0 Å². The van der Waals surface area contributed by atoms with Gasteiger partial charge in [0.05, 0.1) is 16.6 Å². The number of para-hydroxylation sites is 3. The summed E-state index contributed by atoms with van der Waals surface area (Å²) in [5.74, 6) is 1.89. The Hall–Kier alpha value is -5.02. The van der Waals surface area contributed by atoms with Crippen LogP contribution in [0.4, 0.5) is 0 Å². The molecule has 3 heterocycles. The zero-order valence-electron chi connectivity index (χ0n) is 22.0. The van der Waals surface area contributed by atoms with E-state index in [0.29, 0.717) is 0 Å². The zero-order valence-corrected chi connectivity index (χ0v) is 22.0. The van der Waals surface area contributed by atoms with Gasteiger partial charge in [-0.15, -0.1) is 0 Å². The molecule has 0 saturated heterocycles. The van der Waals surface area contributed by atoms with Gasteiger partial charge in [0.2, 0.25) is 0 Å². The molecule has 0 unspecified atom stereocenters. The van der Waals surface area contributed by atoms with Gasteiger partial charge in [0.25, 0.3) is 0 Å². The summed E-state index contributed by atoms with van der Waals surface area (Å²) >= 11 is 0. The van der Waals surface area contributed by atoms with Gasteiger partial charge in [-0.2, -0.15) is 0 Å². The molecule has 190 valence electrons. The molecule has 0 amide bonds. The molecule has 0 spiro atoms. The van der Waals surface area contributed by atoms with Crippen molar-refractivity contribution in [2.75, 3.05) is 0 Å². The van der Waals surface area contributed by atoms with Crippen molar-refractivity contribution in [1.29, 1.82) is 0 Å². The molecule has 40 heavy (non-hydrogen) atoms. The largest absolute Gasteiger partial charge is 0.457 e. The predicted molar refractivity (Wildman–Crippen MR) is 164 cm³/mol. The standard InChI is InChI=1S/C37H26N2O/c1-5-13-32-28(9-1)29-10-2-6-14-33(29)38(32)26-17-19-36-24(22-26)21-25-23-27(18-20-37(25)40-36)39-34-15-7-3-11-30(34)31-12-4-8-16-35(31)39/h1-7,9-15,17-20,22-23H,8,16,21H2. The molecule has 0 N–H and O–H groups in total. The molecule has 2 aromatic heterocycles. The van der Waals surface area contributed by atoms with E-state index >= 15 is 0 Å². The fourth-order valence-corrected chi connectivity index (χ4v) is 6.88. The van der Waals surface area contributed by atoms with Gasteiger partial charge in [-0.25, -0.2) is 0 Å². The average Bonchev–Trinajstić information content (AvgIpc) is 3.53. The van der Waals surface area contributed by atoms with Crippen LogP contribution in [0, 0.1) is 0 Å². The van der Waals surface area contributed by atoms with Crippen molar-refractivity contribution in [3.8, 4) is 22.9 Å². The van der Waals surface area contributed by atoms with E-state index < -0.39 is 0 Å². The molecule has 0 bridgehead atoms. The van der Waals surface area contributed by atoms with Crippen LogP contribution in [0.25, 0.3) is 50.2 Å². The highest BCUT2D eigenvalue weighted by Gasteiger charge is 2.22. The first-order valence-electron chi connectivity index (χ1n) is 14.0. The lowest BCUT2D eigenvalue weighted by Gasteiger charge is -2.23. The summed E-state index contributed by atoms with van der Waals surface area (Å²) in [5.41, 5.74) is 11.3.